The van der Waals surface area contributed by atoms with Gasteiger partial charge < -0.3 is 5.11 Å². The summed E-state index contributed by atoms with van der Waals surface area (Å²) in [5.41, 5.74) is 2.56. The van der Waals surface area contributed by atoms with Crippen molar-refractivity contribution in [3.63, 3.8) is 0 Å². The molecule has 2 saturated heterocycles. The number of benzene rings is 2. The summed E-state index contributed by atoms with van der Waals surface area (Å²) >= 11 is 6.57. The van der Waals surface area contributed by atoms with Gasteiger partial charge in [0.05, 0.1) is 15.5 Å². The molecule has 0 spiro atoms. The zero-order valence-corrected chi connectivity index (χ0v) is 24.9. The lowest BCUT2D eigenvalue weighted by atomic mass is 10.0. The van der Waals surface area contributed by atoms with Gasteiger partial charge in [-0.25, -0.2) is 13.1 Å². The summed E-state index contributed by atoms with van der Waals surface area (Å²) in [6.07, 6.45) is 5.42. The molecule has 2 fully saturated rings. The molecule has 1 aromatic heterocycles. The summed E-state index contributed by atoms with van der Waals surface area (Å²) in [6.45, 7) is 3.35. The van der Waals surface area contributed by atoms with Crippen LogP contribution in [0.4, 0.5) is 0 Å². The van der Waals surface area contributed by atoms with Gasteiger partial charge >= 0.3 is 5.97 Å². The number of nitrogens with zero attached hydrogens (tertiary/aromatic N) is 4. The number of carbonyl (C=O) groups excluding carboxylic acids is 1. The third kappa shape index (κ3) is 6.45. The van der Waals surface area contributed by atoms with Crippen LogP contribution >= 0.6 is 24.0 Å². The van der Waals surface area contributed by atoms with Gasteiger partial charge in [-0.1, -0.05) is 61.2 Å². The summed E-state index contributed by atoms with van der Waals surface area (Å²) in [4.78, 5) is 26.1. The number of thiocarbonyl (C=S) groups is 1. The zero-order chi connectivity index (χ0) is 29.1. The number of hydrogen-bond donors (Lipinski definition) is 1. The van der Waals surface area contributed by atoms with Gasteiger partial charge in [-0.2, -0.15) is 9.40 Å². The van der Waals surface area contributed by atoms with Crippen LogP contribution in [0.1, 0.15) is 38.2 Å². The van der Waals surface area contributed by atoms with Crippen molar-refractivity contribution in [2.75, 3.05) is 19.6 Å². The monoisotopic (exact) mass is 610 g/mol. The van der Waals surface area contributed by atoms with E-state index in [-0.39, 0.29) is 23.8 Å². The molecule has 0 aliphatic carbocycles. The van der Waals surface area contributed by atoms with Crippen molar-refractivity contribution in [2.45, 2.75) is 37.5 Å². The summed E-state index contributed by atoms with van der Waals surface area (Å²) < 4.78 is 30.6. The lowest BCUT2D eigenvalue weighted by Crippen LogP contribution is -2.37. The molecule has 3 aromatic rings. The van der Waals surface area contributed by atoms with E-state index in [0.29, 0.717) is 51.5 Å². The normalized spacial score (nSPS) is 18.0. The number of carbonyl (C=O) groups is 2. The maximum Gasteiger partial charge on any atom is 0.303 e. The van der Waals surface area contributed by atoms with E-state index in [2.05, 4.69) is 6.92 Å². The van der Waals surface area contributed by atoms with Crippen LogP contribution in [0.2, 0.25) is 0 Å². The fraction of sp³-hybridized carbons (Fsp3) is 0.310. The predicted octanol–water partition coefficient (Wildman–Crippen LogP) is 5.03. The van der Waals surface area contributed by atoms with E-state index in [9.17, 15) is 18.0 Å². The van der Waals surface area contributed by atoms with E-state index < -0.39 is 16.0 Å². The van der Waals surface area contributed by atoms with Crippen LogP contribution < -0.4 is 0 Å². The van der Waals surface area contributed by atoms with E-state index in [0.717, 1.165) is 30.3 Å². The van der Waals surface area contributed by atoms with E-state index in [1.165, 1.54) is 4.90 Å². The Kier molecular flexibility index (Phi) is 8.74. The Morgan fingerprint density at radius 1 is 1.15 bits per heavy atom. The summed E-state index contributed by atoms with van der Waals surface area (Å²) in [5.74, 6) is -0.718. The molecule has 0 unspecified atom stereocenters. The van der Waals surface area contributed by atoms with Crippen LogP contribution in [0, 0.1) is 5.92 Å². The number of rotatable bonds is 9. The highest BCUT2D eigenvalue weighted by atomic mass is 32.2. The van der Waals surface area contributed by atoms with Gasteiger partial charge in [0.1, 0.15) is 10.0 Å². The van der Waals surface area contributed by atoms with Crippen molar-refractivity contribution in [2.24, 2.45) is 5.92 Å². The Hall–Kier alpha value is -3.32. The van der Waals surface area contributed by atoms with Crippen molar-refractivity contribution >= 4 is 56.3 Å². The molecule has 5 rings (SSSR count). The SMILES string of the molecule is CC1CCN(S(=O)(=O)c2cccc(-c3nn(-c4ccccc4)cc3C=C3SC(=S)N(CCCC(=O)O)C3=O)c2)CC1. The number of hydrogen-bond acceptors (Lipinski definition) is 7. The molecule has 9 nitrogen and oxygen atoms in total. The van der Waals surface area contributed by atoms with Crippen molar-refractivity contribution in [3.05, 3.63) is 71.3 Å². The van der Waals surface area contributed by atoms with Crippen LogP contribution in [0.5, 0.6) is 0 Å². The number of aliphatic carboxylic acids is 1. The lowest BCUT2D eigenvalue weighted by Gasteiger charge is -2.29. The molecule has 0 radical (unpaired) electrons. The molecule has 0 atom stereocenters. The first-order valence-corrected chi connectivity index (χ1v) is 16.0. The Balaban J connectivity index is 1.51. The summed E-state index contributed by atoms with van der Waals surface area (Å²) in [6, 6.07) is 16.3. The number of para-hydroxylation sites is 1. The van der Waals surface area contributed by atoms with Gasteiger partial charge in [0.2, 0.25) is 10.0 Å². The molecule has 3 heterocycles. The molecule has 214 valence electrons. The van der Waals surface area contributed by atoms with Crippen molar-refractivity contribution in [1.82, 2.24) is 19.0 Å². The molecule has 1 N–H and O–H groups in total. The second kappa shape index (κ2) is 12.3. The molecule has 41 heavy (non-hydrogen) atoms. The van der Waals surface area contributed by atoms with E-state index >= 15 is 0 Å². The van der Waals surface area contributed by atoms with E-state index in [4.69, 9.17) is 22.4 Å². The highest BCUT2D eigenvalue weighted by Crippen LogP contribution is 2.36. The third-order valence-corrected chi connectivity index (χ3v) is 10.5. The van der Waals surface area contributed by atoms with Crippen molar-refractivity contribution in [1.29, 1.82) is 0 Å². The van der Waals surface area contributed by atoms with Crippen LogP contribution in [0.15, 0.2) is 70.6 Å². The number of aromatic nitrogens is 2. The smallest absolute Gasteiger partial charge is 0.303 e. The van der Waals surface area contributed by atoms with Crippen LogP contribution in [-0.2, 0) is 19.6 Å². The molecular weight excluding hydrogens is 581 g/mol. The average Bonchev–Trinajstić information content (AvgIpc) is 3.50. The first-order valence-electron chi connectivity index (χ1n) is 13.4. The number of carboxylic acids is 1. The van der Waals surface area contributed by atoms with Crippen molar-refractivity contribution in [3.8, 4) is 16.9 Å². The second-order valence-corrected chi connectivity index (χ2v) is 13.8. The Morgan fingerprint density at radius 3 is 2.59 bits per heavy atom. The second-order valence-electron chi connectivity index (χ2n) is 10.2. The van der Waals surface area contributed by atoms with Gasteiger partial charge in [-0.3, -0.25) is 14.5 Å². The zero-order valence-electron chi connectivity index (χ0n) is 22.5. The van der Waals surface area contributed by atoms with Crippen LogP contribution in [-0.4, -0.2) is 68.3 Å². The van der Waals surface area contributed by atoms with Crippen LogP contribution in [0.3, 0.4) is 0 Å². The van der Waals surface area contributed by atoms with E-state index in [1.807, 2.05) is 36.4 Å². The van der Waals surface area contributed by atoms with Crippen LogP contribution in [0.25, 0.3) is 23.0 Å². The number of sulfonamides is 1. The summed E-state index contributed by atoms with van der Waals surface area (Å²) in [7, 11) is -3.68. The minimum Gasteiger partial charge on any atom is -0.481 e. The van der Waals surface area contributed by atoms with Gasteiger partial charge in [-0.15, -0.1) is 0 Å². The van der Waals surface area contributed by atoms with Gasteiger partial charge in [0.25, 0.3) is 5.91 Å². The Morgan fingerprint density at radius 2 is 1.88 bits per heavy atom. The fourth-order valence-electron chi connectivity index (χ4n) is 4.83. The number of carboxylic acid groups (broad SMARTS) is 1. The number of thioether (sulfide) groups is 1. The molecule has 12 heteroatoms. The lowest BCUT2D eigenvalue weighted by molar-refractivity contribution is -0.137. The maximum absolute atomic E-state index is 13.5. The minimum atomic E-state index is -3.68. The topological polar surface area (TPSA) is 113 Å². The third-order valence-electron chi connectivity index (χ3n) is 7.18. The highest BCUT2D eigenvalue weighted by Gasteiger charge is 2.32. The van der Waals surface area contributed by atoms with Gasteiger partial charge in [0.15, 0.2) is 0 Å². The maximum atomic E-state index is 13.5. The Bertz CT molecular complexity index is 1610. The Labute approximate surface area is 248 Å². The van der Waals surface area contributed by atoms with Crippen molar-refractivity contribution < 1.29 is 23.1 Å². The molecule has 2 aliphatic heterocycles. The molecule has 1 amide bonds. The quantitative estimate of drug-likeness (QED) is 0.265. The minimum absolute atomic E-state index is 0.0557. The first-order chi connectivity index (χ1) is 19.6. The predicted molar refractivity (Wildman–Crippen MR) is 163 cm³/mol. The molecule has 0 saturated carbocycles. The number of piperidine rings is 1. The first kappa shape index (κ1) is 29.2. The van der Waals surface area contributed by atoms with Gasteiger partial charge in [0, 0.05) is 43.4 Å². The number of amides is 1. The average molecular weight is 611 g/mol. The molecule has 2 aliphatic rings. The van der Waals surface area contributed by atoms with E-state index in [1.54, 1.807) is 39.5 Å². The molecular formula is C29H30N4O5S3. The fourth-order valence-corrected chi connectivity index (χ4v) is 7.65. The standard InChI is InChI=1S/C29H30N4O5S3/c1-20-12-15-31(16-13-20)41(37,38)24-10-5-7-21(17-24)27-22(19-33(30-27)23-8-3-2-4-9-23)18-25-28(36)32(29(39)40-25)14-6-11-26(34)35/h2-5,7-10,17-20H,6,11-16H2,1H3,(H,34,35). The highest BCUT2D eigenvalue weighted by molar-refractivity contribution is 8.26. The molecule has 0 bridgehead atoms. The largest absolute Gasteiger partial charge is 0.481 e. The molecule has 2 aromatic carbocycles. The van der Waals surface area contributed by atoms with Gasteiger partial charge in [-0.05, 0) is 55.5 Å². The summed E-state index contributed by atoms with van der Waals surface area (Å²) in [5, 5.41) is 13.8.